The lowest BCUT2D eigenvalue weighted by Gasteiger charge is -2.03. The van der Waals surface area contributed by atoms with Crippen LogP contribution < -0.4 is 5.32 Å². The molecule has 0 atom stereocenters. The van der Waals surface area contributed by atoms with Crippen LogP contribution >= 0.6 is 0 Å². The van der Waals surface area contributed by atoms with Crippen LogP contribution in [0.1, 0.15) is 35.8 Å². The quantitative estimate of drug-likeness (QED) is 0.682. The molecule has 102 valence electrons. The summed E-state index contributed by atoms with van der Waals surface area (Å²) in [6, 6.07) is 9.43. The molecule has 0 fully saturated rings. The number of hydrogen-bond donors (Lipinski definition) is 3. The Bertz CT molecular complexity index is 754. The molecule has 2 heterocycles. The number of aromatic nitrogens is 3. The molecular weight excluding hydrogens is 252 g/mol. The Morgan fingerprint density at radius 1 is 1.30 bits per heavy atom. The monoisotopic (exact) mass is 268 g/mol. The lowest BCUT2D eigenvalue weighted by atomic mass is 10.1. The minimum absolute atomic E-state index is 0.167. The zero-order valence-electron chi connectivity index (χ0n) is 11.4. The van der Waals surface area contributed by atoms with Crippen molar-refractivity contribution in [1.82, 2.24) is 15.2 Å². The van der Waals surface area contributed by atoms with Crippen molar-refractivity contribution in [2.45, 2.75) is 19.8 Å². The van der Waals surface area contributed by atoms with E-state index in [1.54, 1.807) is 6.07 Å². The standard InChI is InChI=1S/C15H16N4O/c1-9(2)12-8-13(19-18-12)17-15(20)11-5-3-4-10-6-7-16-14(10)11/h3-9,16H,1-2H3,(H2,17,18,19,20). The minimum Gasteiger partial charge on any atom is -0.361 e. The van der Waals surface area contributed by atoms with Crippen LogP contribution in [0, 0.1) is 0 Å². The number of amides is 1. The van der Waals surface area contributed by atoms with Gasteiger partial charge in [0.2, 0.25) is 0 Å². The van der Waals surface area contributed by atoms with Gasteiger partial charge in [-0.05, 0) is 18.1 Å². The van der Waals surface area contributed by atoms with Crippen LogP contribution in [-0.2, 0) is 0 Å². The lowest BCUT2D eigenvalue weighted by Crippen LogP contribution is -2.12. The van der Waals surface area contributed by atoms with Crippen molar-refractivity contribution in [2.75, 3.05) is 5.32 Å². The van der Waals surface area contributed by atoms with Crippen molar-refractivity contribution in [1.29, 1.82) is 0 Å². The van der Waals surface area contributed by atoms with Crippen molar-refractivity contribution in [3.63, 3.8) is 0 Å². The molecule has 3 N–H and O–H groups in total. The summed E-state index contributed by atoms with van der Waals surface area (Å²) in [7, 11) is 0. The van der Waals surface area contributed by atoms with Crippen LogP contribution in [0.4, 0.5) is 5.82 Å². The van der Waals surface area contributed by atoms with Gasteiger partial charge in [0, 0.05) is 23.3 Å². The largest absolute Gasteiger partial charge is 0.361 e. The first kappa shape index (κ1) is 12.5. The molecule has 0 aliphatic heterocycles. The van der Waals surface area contributed by atoms with Crippen molar-refractivity contribution < 1.29 is 4.79 Å². The number of aromatic amines is 2. The maximum absolute atomic E-state index is 12.3. The topological polar surface area (TPSA) is 73.6 Å². The van der Waals surface area contributed by atoms with Crippen LogP contribution in [0.25, 0.3) is 10.9 Å². The molecule has 0 aliphatic carbocycles. The molecular formula is C15H16N4O. The van der Waals surface area contributed by atoms with Crippen molar-refractivity contribution in [2.24, 2.45) is 0 Å². The Morgan fingerprint density at radius 2 is 2.15 bits per heavy atom. The highest BCUT2D eigenvalue weighted by Crippen LogP contribution is 2.19. The number of anilines is 1. The molecule has 20 heavy (non-hydrogen) atoms. The molecule has 3 aromatic rings. The number of H-pyrrole nitrogens is 2. The fraction of sp³-hybridized carbons (Fsp3) is 0.200. The number of benzene rings is 1. The van der Waals surface area contributed by atoms with Crippen LogP contribution in [-0.4, -0.2) is 21.1 Å². The first-order chi connectivity index (χ1) is 9.65. The van der Waals surface area contributed by atoms with E-state index in [1.165, 1.54) is 0 Å². The molecule has 0 bridgehead atoms. The van der Waals surface area contributed by atoms with Gasteiger partial charge in [-0.3, -0.25) is 9.89 Å². The SMILES string of the molecule is CC(C)c1cc(NC(=O)c2cccc3cc[nH]c23)n[nH]1. The van der Waals surface area contributed by atoms with E-state index in [9.17, 15) is 4.79 Å². The van der Waals surface area contributed by atoms with Gasteiger partial charge in [-0.2, -0.15) is 5.10 Å². The average Bonchev–Trinajstić information content (AvgIpc) is 3.05. The molecule has 1 amide bonds. The second-order valence-corrected chi connectivity index (χ2v) is 5.06. The van der Waals surface area contributed by atoms with Crippen molar-refractivity contribution in [3.8, 4) is 0 Å². The Labute approximate surface area is 116 Å². The van der Waals surface area contributed by atoms with Crippen LogP contribution in [0.2, 0.25) is 0 Å². The van der Waals surface area contributed by atoms with E-state index in [0.29, 0.717) is 17.3 Å². The summed E-state index contributed by atoms with van der Waals surface area (Å²) in [6.45, 7) is 4.14. The summed E-state index contributed by atoms with van der Waals surface area (Å²) in [5, 5.41) is 10.9. The highest BCUT2D eigenvalue weighted by atomic mass is 16.1. The second kappa shape index (κ2) is 4.85. The Hall–Kier alpha value is -2.56. The van der Waals surface area contributed by atoms with Crippen molar-refractivity contribution >= 4 is 22.6 Å². The number of carbonyl (C=O) groups is 1. The van der Waals surface area contributed by atoms with Gasteiger partial charge in [0.25, 0.3) is 5.91 Å². The fourth-order valence-electron chi connectivity index (χ4n) is 2.15. The zero-order valence-corrected chi connectivity index (χ0v) is 11.4. The van der Waals surface area contributed by atoms with E-state index < -0.39 is 0 Å². The van der Waals surface area contributed by atoms with E-state index in [-0.39, 0.29) is 5.91 Å². The first-order valence-electron chi connectivity index (χ1n) is 6.58. The normalized spacial score (nSPS) is 11.2. The van der Waals surface area contributed by atoms with Crippen molar-refractivity contribution in [3.05, 3.63) is 47.8 Å². The number of fused-ring (bicyclic) bond motifs is 1. The third-order valence-electron chi connectivity index (χ3n) is 3.29. The van der Waals surface area contributed by atoms with Gasteiger partial charge >= 0.3 is 0 Å². The first-order valence-corrected chi connectivity index (χ1v) is 6.58. The number of nitrogens with zero attached hydrogens (tertiary/aromatic N) is 1. The number of para-hydroxylation sites is 1. The van der Waals surface area contributed by atoms with E-state index in [2.05, 4.69) is 34.3 Å². The smallest absolute Gasteiger partial charge is 0.258 e. The number of nitrogens with one attached hydrogen (secondary N) is 3. The fourth-order valence-corrected chi connectivity index (χ4v) is 2.15. The molecule has 5 nitrogen and oxygen atoms in total. The van der Waals surface area contributed by atoms with Gasteiger partial charge in [-0.1, -0.05) is 26.0 Å². The summed E-state index contributed by atoms with van der Waals surface area (Å²) < 4.78 is 0. The third-order valence-corrected chi connectivity index (χ3v) is 3.29. The Kier molecular flexibility index (Phi) is 3.02. The summed E-state index contributed by atoms with van der Waals surface area (Å²) >= 11 is 0. The molecule has 1 aromatic carbocycles. The Balaban J connectivity index is 1.87. The molecule has 3 rings (SSSR count). The van der Waals surface area contributed by atoms with Gasteiger partial charge in [0.05, 0.1) is 11.1 Å². The molecule has 0 spiro atoms. The highest BCUT2D eigenvalue weighted by molar-refractivity contribution is 6.11. The van der Waals surface area contributed by atoms with Gasteiger partial charge in [0.1, 0.15) is 0 Å². The lowest BCUT2D eigenvalue weighted by molar-refractivity contribution is 0.102. The van der Waals surface area contributed by atoms with E-state index >= 15 is 0 Å². The van der Waals surface area contributed by atoms with Crippen LogP contribution in [0.15, 0.2) is 36.5 Å². The van der Waals surface area contributed by atoms with Gasteiger partial charge in [-0.25, -0.2) is 0 Å². The number of hydrogen-bond acceptors (Lipinski definition) is 2. The minimum atomic E-state index is -0.167. The summed E-state index contributed by atoms with van der Waals surface area (Å²) in [5.41, 5.74) is 2.45. The van der Waals surface area contributed by atoms with E-state index in [1.807, 2.05) is 30.5 Å². The van der Waals surface area contributed by atoms with Gasteiger partial charge < -0.3 is 10.3 Å². The molecule has 0 saturated heterocycles. The molecule has 0 unspecified atom stereocenters. The maximum Gasteiger partial charge on any atom is 0.258 e. The summed E-state index contributed by atoms with van der Waals surface area (Å²) in [6.07, 6.45) is 1.83. The van der Waals surface area contributed by atoms with Crippen LogP contribution in [0.5, 0.6) is 0 Å². The third kappa shape index (κ3) is 2.18. The van der Waals surface area contributed by atoms with E-state index in [4.69, 9.17) is 0 Å². The zero-order chi connectivity index (χ0) is 14.1. The predicted octanol–water partition coefficient (Wildman–Crippen LogP) is 3.27. The van der Waals surface area contributed by atoms with Gasteiger partial charge in [0.15, 0.2) is 5.82 Å². The second-order valence-electron chi connectivity index (χ2n) is 5.06. The van der Waals surface area contributed by atoms with Crippen LogP contribution in [0.3, 0.4) is 0 Å². The summed E-state index contributed by atoms with van der Waals surface area (Å²) in [4.78, 5) is 15.4. The summed E-state index contributed by atoms with van der Waals surface area (Å²) in [5.74, 6) is 0.724. The highest BCUT2D eigenvalue weighted by Gasteiger charge is 2.13. The van der Waals surface area contributed by atoms with E-state index in [0.717, 1.165) is 16.6 Å². The number of carbonyl (C=O) groups excluding carboxylic acids is 1. The van der Waals surface area contributed by atoms with Gasteiger partial charge in [-0.15, -0.1) is 0 Å². The molecule has 5 heteroatoms. The number of rotatable bonds is 3. The molecule has 0 radical (unpaired) electrons. The Morgan fingerprint density at radius 3 is 2.90 bits per heavy atom. The molecule has 0 aliphatic rings. The molecule has 0 saturated carbocycles. The maximum atomic E-state index is 12.3. The predicted molar refractivity (Wildman–Crippen MR) is 78.9 cm³/mol. The average molecular weight is 268 g/mol. The molecule has 2 aromatic heterocycles.